The minimum absolute atomic E-state index is 0.104. The third-order valence-electron chi connectivity index (χ3n) is 5.87. The van der Waals surface area contributed by atoms with Crippen LogP contribution < -0.4 is 0 Å². The number of fused-ring (bicyclic) bond motifs is 1. The van der Waals surface area contributed by atoms with Crippen LogP contribution in [0.2, 0.25) is 0 Å². The lowest BCUT2D eigenvalue weighted by atomic mass is 9.92. The first-order valence-electron chi connectivity index (χ1n) is 10.7. The van der Waals surface area contributed by atoms with Crippen LogP contribution in [-0.4, -0.2) is 45.0 Å². The first kappa shape index (κ1) is 19.9. The smallest absolute Gasteiger partial charge is 0.410 e. The summed E-state index contributed by atoms with van der Waals surface area (Å²) in [6.45, 7) is 9.55. The van der Waals surface area contributed by atoms with Gasteiger partial charge in [-0.2, -0.15) is 0 Å². The van der Waals surface area contributed by atoms with E-state index in [1.54, 1.807) is 11.8 Å². The Morgan fingerprint density at radius 2 is 1.86 bits per heavy atom. The zero-order chi connectivity index (χ0) is 20.8. The molecule has 1 saturated heterocycles. The molecule has 2 aromatic rings. The Labute approximate surface area is 172 Å². The number of nitrogens with zero attached hydrogens (tertiary/aromatic N) is 3. The quantitative estimate of drug-likeness (QED) is 0.698. The van der Waals surface area contributed by atoms with Gasteiger partial charge >= 0.3 is 6.09 Å². The van der Waals surface area contributed by atoms with Gasteiger partial charge in [0.15, 0.2) is 5.78 Å². The molecule has 3 heterocycles. The number of ether oxygens (including phenoxy) is 1. The normalized spacial score (nSPS) is 18.3. The van der Waals surface area contributed by atoms with Crippen LogP contribution in [0, 0.1) is 5.92 Å². The van der Waals surface area contributed by atoms with Crippen molar-refractivity contribution in [2.75, 3.05) is 13.1 Å². The van der Waals surface area contributed by atoms with Gasteiger partial charge in [-0.25, -0.2) is 4.79 Å². The molecule has 0 bridgehead atoms. The fourth-order valence-electron chi connectivity index (χ4n) is 4.24. The first-order chi connectivity index (χ1) is 13.7. The number of ketones is 1. The number of rotatable bonds is 4. The molecule has 1 aliphatic heterocycles. The number of pyridine rings is 1. The largest absolute Gasteiger partial charge is 0.444 e. The summed E-state index contributed by atoms with van der Waals surface area (Å²) in [6.07, 6.45) is 5.80. The van der Waals surface area contributed by atoms with Gasteiger partial charge in [0.25, 0.3) is 0 Å². The first-order valence-corrected chi connectivity index (χ1v) is 10.7. The van der Waals surface area contributed by atoms with Crippen molar-refractivity contribution >= 4 is 22.8 Å². The standard InChI is InChI=1S/C23H31N3O3/c1-15(27)19-13-18-7-10-24-20(21(18)26(19)14-16-5-6-16)17-8-11-25(12-9-17)22(28)29-23(2,3)4/h7,10,13,16-17H,5-6,8-9,11-12,14H2,1-4H3. The lowest BCUT2D eigenvalue weighted by molar-refractivity contribution is 0.0204. The molecule has 0 radical (unpaired) electrons. The van der Waals surface area contributed by atoms with Crippen molar-refractivity contribution in [3.63, 3.8) is 0 Å². The number of amides is 1. The maximum Gasteiger partial charge on any atom is 0.410 e. The molecule has 2 aromatic heterocycles. The summed E-state index contributed by atoms with van der Waals surface area (Å²) < 4.78 is 7.72. The molecule has 0 aromatic carbocycles. The van der Waals surface area contributed by atoms with Crippen LogP contribution in [0.3, 0.4) is 0 Å². The van der Waals surface area contributed by atoms with Gasteiger partial charge in [-0.05, 0) is 64.5 Å². The van der Waals surface area contributed by atoms with E-state index in [-0.39, 0.29) is 17.8 Å². The summed E-state index contributed by atoms with van der Waals surface area (Å²) in [5, 5.41) is 1.09. The van der Waals surface area contributed by atoms with E-state index >= 15 is 0 Å². The summed E-state index contributed by atoms with van der Waals surface area (Å²) in [5.74, 6) is 1.06. The van der Waals surface area contributed by atoms with Crippen LogP contribution in [0.1, 0.15) is 75.5 Å². The fourth-order valence-corrected chi connectivity index (χ4v) is 4.24. The zero-order valence-corrected chi connectivity index (χ0v) is 17.9. The molecular weight excluding hydrogens is 366 g/mol. The van der Waals surface area contributed by atoms with Crippen molar-refractivity contribution in [1.29, 1.82) is 0 Å². The zero-order valence-electron chi connectivity index (χ0n) is 17.9. The SMILES string of the molecule is CC(=O)c1cc2ccnc(C3CCN(C(=O)OC(C)(C)C)CC3)c2n1CC1CC1. The molecule has 6 heteroatoms. The molecule has 1 aliphatic carbocycles. The molecule has 0 spiro atoms. The number of aromatic nitrogens is 2. The molecular formula is C23H31N3O3. The summed E-state index contributed by atoms with van der Waals surface area (Å²) in [7, 11) is 0. The molecule has 2 fully saturated rings. The lowest BCUT2D eigenvalue weighted by Crippen LogP contribution is -2.41. The van der Waals surface area contributed by atoms with Gasteiger partial charge in [0.1, 0.15) is 5.60 Å². The number of likely N-dealkylation sites (tertiary alicyclic amines) is 1. The highest BCUT2D eigenvalue weighted by Gasteiger charge is 2.31. The maximum atomic E-state index is 12.4. The molecule has 156 valence electrons. The number of hydrogen-bond donors (Lipinski definition) is 0. The molecule has 0 unspecified atom stereocenters. The third-order valence-corrected chi connectivity index (χ3v) is 5.87. The van der Waals surface area contributed by atoms with E-state index in [2.05, 4.69) is 4.57 Å². The molecule has 0 N–H and O–H groups in total. The average molecular weight is 398 g/mol. The van der Waals surface area contributed by atoms with Crippen LogP contribution in [0.5, 0.6) is 0 Å². The number of carbonyl (C=O) groups excluding carboxylic acids is 2. The topological polar surface area (TPSA) is 64.4 Å². The molecule has 6 nitrogen and oxygen atoms in total. The number of carbonyl (C=O) groups is 2. The minimum atomic E-state index is -0.478. The van der Waals surface area contributed by atoms with Crippen LogP contribution in [0.15, 0.2) is 18.3 Å². The Hall–Kier alpha value is -2.37. The van der Waals surface area contributed by atoms with E-state index in [1.807, 2.05) is 39.1 Å². The van der Waals surface area contributed by atoms with Gasteiger partial charge in [0.2, 0.25) is 0 Å². The van der Waals surface area contributed by atoms with Crippen molar-refractivity contribution in [1.82, 2.24) is 14.5 Å². The molecule has 4 rings (SSSR count). The minimum Gasteiger partial charge on any atom is -0.444 e. The lowest BCUT2D eigenvalue weighted by Gasteiger charge is -2.33. The van der Waals surface area contributed by atoms with E-state index < -0.39 is 5.60 Å². The van der Waals surface area contributed by atoms with Gasteiger partial charge in [-0.15, -0.1) is 0 Å². The van der Waals surface area contributed by atoms with Crippen molar-refractivity contribution < 1.29 is 14.3 Å². The Bertz CT molecular complexity index is 929. The average Bonchev–Trinajstić information content (AvgIpc) is 3.39. The second kappa shape index (κ2) is 7.47. The fraction of sp³-hybridized carbons (Fsp3) is 0.609. The second-order valence-electron chi connectivity index (χ2n) is 9.52. The van der Waals surface area contributed by atoms with Crippen LogP contribution in [-0.2, 0) is 11.3 Å². The van der Waals surface area contributed by atoms with Crippen molar-refractivity contribution in [2.45, 2.75) is 71.4 Å². The van der Waals surface area contributed by atoms with E-state index in [0.29, 0.717) is 19.0 Å². The van der Waals surface area contributed by atoms with E-state index in [4.69, 9.17) is 9.72 Å². The molecule has 0 atom stereocenters. The molecule has 1 saturated carbocycles. The van der Waals surface area contributed by atoms with Crippen molar-refractivity contribution in [3.8, 4) is 0 Å². The summed E-state index contributed by atoms with van der Waals surface area (Å²) in [4.78, 5) is 31.2. The van der Waals surface area contributed by atoms with Gasteiger partial charge in [0, 0.05) is 44.1 Å². The van der Waals surface area contributed by atoms with Crippen LogP contribution >= 0.6 is 0 Å². The van der Waals surface area contributed by atoms with Gasteiger partial charge < -0.3 is 14.2 Å². The van der Waals surface area contributed by atoms with Gasteiger partial charge in [-0.3, -0.25) is 9.78 Å². The third kappa shape index (κ3) is 4.31. The van der Waals surface area contributed by atoms with Crippen LogP contribution in [0.4, 0.5) is 4.79 Å². The van der Waals surface area contributed by atoms with Crippen molar-refractivity contribution in [2.24, 2.45) is 5.92 Å². The summed E-state index contributed by atoms with van der Waals surface area (Å²) >= 11 is 0. The highest BCUT2D eigenvalue weighted by molar-refractivity contribution is 5.99. The van der Waals surface area contributed by atoms with Gasteiger partial charge in [0.05, 0.1) is 16.9 Å². The summed E-state index contributed by atoms with van der Waals surface area (Å²) in [6, 6.07) is 4.02. The van der Waals surface area contributed by atoms with Gasteiger partial charge in [-0.1, -0.05) is 0 Å². The maximum absolute atomic E-state index is 12.4. The molecule has 1 amide bonds. The van der Waals surface area contributed by atoms with E-state index in [0.717, 1.165) is 41.7 Å². The Balaban J connectivity index is 1.58. The second-order valence-corrected chi connectivity index (χ2v) is 9.52. The Morgan fingerprint density at radius 3 is 2.45 bits per heavy atom. The summed E-state index contributed by atoms with van der Waals surface area (Å²) in [5.41, 5.74) is 2.49. The predicted octanol–water partition coefficient (Wildman–Crippen LogP) is 4.76. The molecule has 29 heavy (non-hydrogen) atoms. The monoisotopic (exact) mass is 397 g/mol. The highest BCUT2D eigenvalue weighted by Crippen LogP contribution is 2.37. The Kier molecular flexibility index (Phi) is 5.13. The van der Waals surface area contributed by atoms with Crippen LogP contribution in [0.25, 0.3) is 10.9 Å². The Morgan fingerprint density at radius 1 is 1.17 bits per heavy atom. The highest BCUT2D eigenvalue weighted by atomic mass is 16.6. The number of hydrogen-bond acceptors (Lipinski definition) is 4. The molecule has 2 aliphatic rings. The predicted molar refractivity (Wildman–Crippen MR) is 112 cm³/mol. The number of Topliss-reactive ketones (excluding diaryl/α,β-unsaturated/α-hetero) is 1. The number of piperidine rings is 1. The van der Waals surface area contributed by atoms with E-state index in [9.17, 15) is 9.59 Å². The van der Waals surface area contributed by atoms with E-state index in [1.165, 1.54) is 12.8 Å². The van der Waals surface area contributed by atoms with Crippen molar-refractivity contribution in [3.05, 3.63) is 29.7 Å².